The van der Waals surface area contributed by atoms with Crippen molar-refractivity contribution in [1.29, 1.82) is 0 Å². The van der Waals surface area contributed by atoms with E-state index in [-0.39, 0.29) is 17.9 Å². The maximum Gasteiger partial charge on any atom is 0.262 e. The topological polar surface area (TPSA) is 81.4 Å². The van der Waals surface area contributed by atoms with Crippen LogP contribution in [0.1, 0.15) is 0 Å². The van der Waals surface area contributed by atoms with Crippen LogP contribution in [0.4, 0.5) is 5.69 Å². The number of nitrogens with one attached hydrogen (secondary N) is 1. The van der Waals surface area contributed by atoms with Crippen LogP contribution in [0.5, 0.6) is 5.75 Å². The van der Waals surface area contributed by atoms with Gasteiger partial charge in [-0.2, -0.15) is 0 Å². The number of hydrogen-bond donors (Lipinski definition) is 1. The van der Waals surface area contributed by atoms with E-state index >= 15 is 0 Å². The predicted molar refractivity (Wildman–Crippen MR) is 98.4 cm³/mol. The van der Waals surface area contributed by atoms with Crippen LogP contribution in [0.15, 0.2) is 76.2 Å². The SMILES string of the molecule is O=C(COc1ccc2c(=O)c3ccccc3oc2c1)Nc1cccnc1. The number of fused-ring (bicyclic) bond motifs is 2. The summed E-state index contributed by atoms with van der Waals surface area (Å²) in [5, 5.41) is 3.68. The van der Waals surface area contributed by atoms with Gasteiger partial charge in [-0.1, -0.05) is 12.1 Å². The summed E-state index contributed by atoms with van der Waals surface area (Å²) >= 11 is 0. The van der Waals surface area contributed by atoms with Gasteiger partial charge < -0.3 is 14.5 Å². The van der Waals surface area contributed by atoms with Crippen molar-refractivity contribution in [2.45, 2.75) is 0 Å². The summed E-state index contributed by atoms with van der Waals surface area (Å²) in [7, 11) is 0. The molecule has 4 rings (SSSR count). The van der Waals surface area contributed by atoms with E-state index < -0.39 is 0 Å². The van der Waals surface area contributed by atoms with Crippen molar-refractivity contribution in [1.82, 2.24) is 4.98 Å². The van der Waals surface area contributed by atoms with E-state index in [1.54, 1.807) is 67.0 Å². The molecule has 6 nitrogen and oxygen atoms in total. The number of ether oxygens (including phenoxy) is 1. The standard InChI is InChI=1S/C20H14N2O4/c23-19(22-13-4-3-9-21-11-13)12-25-14-7-8-16-18(10-14)26-17-6-2-1-5-15(17)20(16)24/h1-11H,12H2,(H,22,23). The van der Waals surface area contributed by atoms with Gasteiger partial charge in [0.2, 0.25) is 5.43 Å². The average molecular weight is 346 g/mol. The van der Waals surface area contributed by atoms with Crippen molar-refractivity contribution in [3.63, 3.8) is 0 Å². The Morgan fingerprint density at radius 1 is 1.04 bits per heavy atom. The summed E-state index contributed by atoms with van der Waals surface area (Å²) in [4.78, 5) is 28.4. The Morgan fingerprint density at radius 2 is 1.88 bits per heavy atom. The lowest BCUT2D eigenvalue weighted by atomic mass is 10.1. The quantitative estimate of drug-likeness (QED) is 0.573. The van der Waals surface area contributed by atoms with E-state index in [4.69, 9.17) is 9.15 Å². The fourth-order valence-electron chi connectivity index (χ4n) is 2.65. The lowest BCUT2D eigenvalue weighted by Gasteiger charge is -2.08. The smallest absolute Gasteiger partial charge is 0.262 e. The molecule has 0 bridgehead atoms. The van der Waals surface area contributed by atoms with Gasteiger partial charge in [0.1, 0.15) is 16.9 Å². The highest BCUT2D eigenvalue weighted by molar-refractivity contribution is 5.92. The van der Waals surface area contributed by atoms with Crippen molar-refractivity contribution >= 4 is 33.5 Å². The molecule has 0 radical (unpaired) electrons. The Bertz CT molecular complexity index is 1150. The third-order valence-electron chi connectivity index (χ3n) is 3.86. The van der Waals surface area contributed by atoms with Crippen molar-refractivity contribution < 1.29 is 13.9 Å². The summed E-state index contributed by atoms with van der Waals surface area (Å²) in [6.07, 6.45) is 3.17. The number of amides is 1. The fourth-order valence-corrected chi connectivity index (χ4v) is 2.65. The van der Waals surface area contributed by atoms with Crippen LogP contribution in [0, 0.1) is 0 Å². The van der Waals surface area contributed by atoms with Crippen molar-refractivity contribution in [2.75, 3.05) is 11.9 Å². The summed E-state index contributed by atoms with van der Waals surface area (Å²) in [6.45, 7) is -0.168. The molecule has 0 saturated carbocycles. The van der Waals surface area contributed by atoms with Crippen LogP contribution in [-0.2, 0) is 4.79 Å². The van der Waals surface area contributed by atoms with Gasteiger partial charge >= 0.3 is 0 Å². The normalized spacial score (nSPS) is 10.8. The number of para-hydroxylation sites is 1. The molecule has 2 heterocycles. The summed E-state index contributed by atoms with van der Waals surface area (Å²) in [5.41, 5.74) is 1.43. The number of carbonyl (C=O) groups excluding carboxylic acids is 1. The Kier molecular flexibility index (Phi) is 4.07. The van der Waals surface area contributed by atoms with E-state index in [1.807, 2.05) is 0 Å². The van der Waals surface area contributed by atoms with Gasteiger partial charge in [-0.05, 0) is 36.4 Å². The first-order valence-corrected chi connectivity index (χ1v) is 7.99. The minimum atomic E-state index is -0.307. The molecule has 1 N–H and O–H groups in total. The first-order chi connectivity index (χ1) is 12.7. The first kappa shape index (κ1) is 15.8. The van der Waals surface area contributed by atoms with Crippen molar-refractivity contribution in [3.05, 3.63) is 77.2 Å². The molecule has 4 aromatic rings. The molecule has 0 unspecified atom stereocenters. The van der Waals surface area contributed by atoms with E-state index in [2.05, 4.69) is 10.3 Å². The molecule has 0 saturated heterocycles. The number of rotatable bonds is 4. The zero-order chi connectivity index (χ0) is 17.9. The highest BCUT2D eigenvalue weighted by Gasteiger charge is 2.09. The zero-order valence-electron chi connectivity index (χ0n) is 13.6. The molecule has 26 heavy (non-hydrogen) atoms. The summed E-state index contributed by atoms with van der Waals surface area (Å²) < 4.78 is 11.3. The number of pyridine rings is 1. The lowest BCUT2D eigenvalue weighted by Crippen LogP contribution is -2.20. The highest BCUT2D eigenvalue weighted by atomic mass is 16.5. The average Bonchev–Trinajstić information content (AvgIpc) is 2.67. The summed E-state index contributed by atoms with van der Waals surface area (Å²) in [5.74, 6) is 0.135. The van der Waals surface area contributed by atoms with E-state index in [0.717, 1.165) is 0 Å². The van der Waals surface area contributed by atoms with Gasteiger partial charge in [0.15, 0.2) is 6.61 Å². The van der Waals surface area contributed by atoms with Crippen LogP contribution >= 0.6 is 0 Å². The molecule has 6 heteroatoms. The third-order valence-corrected chi connectivity index (χ3v) is 3.86. The monoisotopic (exact) mass is 346 g/mol. The predicted octanol–water partition coefficient (Wildman–Crippen LogP) is 3.36. The molecular weight excluding hydrogens is 332 g/mol. The minimum absolute atomic E-state index is 0.0947. The Morgan fingerprint density at radius 3 is 2.73 bits per heavy atom. The lowest BCUT2D eigenvalue weighted by molar-refractivity contribution is -0.118. The first-order valence-electron chi connectivity index (χ1n) is 7.99. The van der Waals surface area contributed by atoms with E-state index in [1.165, 1.54) is 0 Å². The second-order valence-electron chi connectivity index (χ2n) is 5.66. The van der Waals surface area contributed by atoms with Crippen LogP contribution in [-0.4, -0.2) is 17.5 Å². The zero-order valence-corrected chi connectivity index (χ0v) is 13.6. The largest absolute Gasteiger partial charge is 0.484 e. The van der Waals surface area contributed by atoms with Gasteiger partial charge in [-0.25, -0.2) is 0 Å². The molecule has 0 aliphatic heterocycles. The van der Waals surface area contributed by atoms with Gasteiger partial charge in [0.25, 0.3) is 5.91 Å². The highest BCUT2D eigenvalue weighted by Crippen LogP contribution is 2.22. The molecule has 0 aliphatic rings. The van der Waals surface area contributed by atoms with E-state index in [9.17, 15) is 9.59 Å². The Hall–Kier alpha value is -3.67. The fraction of sp³-hybridized carbons (Fsp3) is 0.0500. The van der Waals surface area contributed by atoms with Gasteiger partial charge in [-0.3, -0.25) is 14.6 Å². The molecule has 2 aromatic heterocycles. The van der Waals surface area contributed by atoms with Crippen LogP contribution in [0.25, 0.3) is 21.9 Å². The number of anilines is 1. The van der Waals surface area contributed by atoms with Gasteiger partial charge in [0.05, 0.1) is 22.7 Å². The van der Waals surface area contributed by atoms with Crippen LogP contribution in [0.2, 0.25) is 0 Å². The molecule has 2 aromatic carbocycles. The molecule has 0 spiro atoms. The molecule has 0 fully saturated rings. The Labute approximate surface area is 148 Å². The minimum Gasteiger partial charge on any atom is -0.484 e. The van der Waals surface area contributed by atoms with Gasteiger partial charge in [0, 0.05) is 12.3 Å². The number of hydrogen-bond acceptors (Lipinski definition) is 5. The molecule has 128 valence electrons. The molecular formula is C20H14N2O4. The second-order valence-corrected chi connectivity index (χ2v) is 5.66. The van der Waals surface area contributed by atoms with E-state index in [0.29, 0.717) is 33.4 Å². The maximum atomic E-state index is 12.5. The van der Waals surface area contributed by atoms with Crippen molar-refractivity contribution in [2.24, 2.45) is 0 Å². The molecule has 1 amide bonds. The number of aromatic nitrogens is 1. The molecule has 0 atom stereocenters. The number of carbonyl (C=O) groups is 1. The third kappa shape index (κ3) is 3.12. The number of benzene rings is 2. The van der Waals surface area contributed by atoms with Crippen molar-refractivity contribution in [3.8, 4) is 5.75 Å². The van der Waals surface area contributed by atoms with Gasteiger partial charge in [-0.15, -0.1) is 0 Å². The summed E-state index contributed by atoms with van der Waals surface area (Å²) in [6, 6.07) is 15.4. The second kappa shape index (κ2) is 6.68. The maximum absolute atomic E-state index is 12.5. The number of nitrogens with zero attached hydrogens (tertiary/aromatic N) is 1. The molecule has 0 aliphatic carbocycles. The van der Waals surface area contributed by atoms with Crippen LogP contribution < -0.4 is 15.5 Å². The Balaban J connectivity index is 1.55. The van der Waals surface area contributed by atoms with Crippen LogP contribution in [0.3, 0.4) is 0 Å².